The minimum atomic E-state index is -3.30. The predicted molar refractivity (Wildman–Crippen MR) is 91.3 cm³/mol. The van der Waals surface area contributed by atoms with E-state index in [2.05, 4.69) is 24.1 Å². The van der Waals surface area contributed by atoms with Crippen molar-refractivity contribution in [3.63, 3.8) is 0 Å². The molecule has 1 heterocycles. The molecule has 128 valence electrons. The molecule has 6 heteroatoms. The van der Waals surface area contributed by atoms with Crippen molar-refractivity contribution < 1.29 is 13.2 Å². The van der Waals surface area contributed by atoms with Crippen LogP contribution in [-0.2, 0) is 9.84 Å². The SMILES string of the molecule is CC1CCN([C@@H](C)CNC(=O)c2cccc(S(C)(=O)=O)c2)CC1. The number of rotatable bonds is 5. The topological polar surface area (TPSA) is 66.5 Å². The summed E-state index contributed by atoms with van der Waals surface area (Å²) in [5, 5.41) is 2.91. The minimum Gasteiger partial charge on any atom is -0.350 e. The van der Waals surface area contributed by atoms with Crippen molar-refractivity contribution in [1.29, 1.82) is 0 Å². The molecular weight excluding hydrogens is 312 g/mol. The molecule has 1 aromatic rings. The molecule has 1 amide bonds. The maximum absolute atomic E-state index is 12.2. The number of likely N-dealkylation sites (tertiary alicyclic amines) is 1. The van der Waals surface area contributed by atoms with Crippen molar-refractivity contribution in [2.24, 2.45) is 5.92 Å². The summed E-state index contributed by atoms with van der Waals surface area (Å²) < 4.78 is 23.1. The number of sulfone groups is 1. The summed E-state index contributed by atoms with van der Waals surface area (Å²) in [6.07, 6.45) is 3.55. The number of carbonyl (C=O) groups is 1. The van der Waals surface area contributed by atoms with Gasteiger partial charge in [0.05, 0.1) is 4.90 Å². The monoisotopic (exact) mass is 338 g/mol. The van der Waals surface area contributed by atoms with E-state index in [-0.39, 0.29) is 16.8 Å². The minimum absolute atomic E-state index is 0.170. The normalized spacial score (nSPS) is 18.6. The van der Waals surface area contributed by atoms with E-state index >= 15 is 0 Å². The zero-order chi connectivity index (χ0) is 17.0. The zero-order valence-corrected chi connectivity index (χ0v) is 14.9. The second-order valence-electron chi connectivity index (χ2n) is 6.58. The molecule has 0 saturated carbocycles. The fourth-order valence-electron chi connectivity index (χ4n) is 2.81. The highest BCUT2D eigenvalue weighted by molar-refractivity contribution is 7.90. The van der Waals surface area contributed by atoms with Gasteiger partial charge in [0.2, 0.25) is 0 Å². The number of hydrogen-bond donors (Lipinski definition) is 1. The summed E-state index contributed by atoms with van der Waals surface area (Å²) in [7, 11) is -3.30. The highest BCUT2D eigenvalue weighted by Crippen LogP contribution is 2.17. The third kappa shape index (κ3) is 5.04. The van der Waals surface area contributed by atoms with Crippen LogP contribution in [0.3, 0.4) is 0 Å². The Bertz CT molecular complexity index is 650. The number of hydrogen-bond acceptors (Lipinski definition) is 4. The Labute approximate surface area is 139 Å². The van der Waals surface area contributed by atoms with Gasteiger partial charge in [0.25, 0.3) is 5.91 Å². The lowest BCUT2D eigenvalue weighted by molar-refractivity contribution is 0.0921. The number of amides is 1. The van der Waals surface area contributed by atoms with Crippen molar-refractivity contribution in [3.05, 3.63) is 29.8 Å². The number of nitrogens with zero attached hydrogens (tertiary/aromatic N) is 1. The third-order valence-electron chi connectivity index (χ3n) is 4.52. The number of carbonyl (C=O) groups excluding carboxylic acids is 1. The summed E-state index contributed by atoms with van der Waals surface area (Å²) >= 11 is 0. The Morgan fingerprint density at radius 3 is 2.61 bits per heavy atom. The Morgan fingerprint density at radius 1 is 1.35 bits per heavy atom. The first kappa shape index (κ1) is 17.9. The van der Waals surface area contributed by atoms with Gasteiger partial charge in [-0.15, -0.1) is 0 Å². The number of nitrogens with one attached hydrogen (secondary N) is 1. The summed E-state index contributed by atoms with van der Waals surface area (Å²) in [6, 6.07) is 6.45. The molecule has 0 radical (unpaired) electrons. The van der Waals surface area contributed by atoms with Gasteiger partial charge in [-0.1, -0.05) is 13.0 Å². The smallest absolute Gasteiger partial charge is 0.251 e. The first-order valence-corrected chi connectivity index (χ1v) is 9.99. The molecule has 1 aliphatic heterocycles. The predicted octanol–water partition coefficient (Wildman–Crippen LogP) is 1.94. The van der Waals surface area contributed by atoms with Crippen LogP contribution in [-0.4, -0.2) is 51.2 Å². The molecule has 2 rings (SSSR count). The Balaban J connectivity index is 1.92. The maximum Gasteiger partial charge on any atom is 0.251 e. The van der Waals surface area contributed by atoms with Crippen LogP contribution in [0, 0.1) is 5.92 Å². The molecule has 0 unspecified atom stereocenters. The molecular formula is C17H26N2O3S. The van der Waals surface area contributed by atoms with E-state index in [0.717, 1.165) is 25.3 Å². The van der Waals surface area contributed by atoms with E-state index in [1.165, 1.54) is 25.0 Å². The molecule has 1 saturated heterocycles. The lowest BCUT2D eigenvalue weighted by Crippen LogP contribution is -2.45. The molecule has 1 atom stereocenters. The van der Waals surface area contributed by atoms with Gasteiger partial charge in [-0.2, -0.15) is 0 Å². The Kier molecular flexibility index (Phi) is 5.81. The fourth-order valence-corrected chi connectivity index (χ4v) is 3.48. The first-order valence-electron chi connectivity index (χ1n) is 8.09. The van der Waals surface area contributed by atoms with Gasteiger partial charge in [-0.3, -0.25) is 9.69 Å². The van der Waals surface area contributed by atoms with E-state index < -0.39 is 9.84 Å². The van der Waals surface area contributed by atoms with E-state index in [0.29, 0.717) is 12.1 Å². The van der Waals surface area contributed by atoms with Gasteiger partial charge in [0.1, 0.15) is 0 Å². The molecule has 1 aliphatic rings. The third-order valence-corrected chi connectivity index (χ3v) is 5.63. The molecule has 0 aliphatic carbocycles. The zero-order valence-electron chi connectivity index (χ0n) is 14.1. The Morgan fingerprint density at radius 2 is 2.00 bits per heavy atom. The molecule has 1 aromatic carbocycles. The average Bonchev–Trinajstić information content (AvgIpc) is 2.52. The van der Waals surface area contributed by atoms with E-state index in [1.807, 2.05) is 0 Å². The average molecular weight is 338 g/mol. The van der Waals surface area contributed by atoms with Crippen LogP contribution in [0.2, 0.25) is 0 Å². The molecule has 5 nitrogen and oxygen atoms in total. The maximum atomic E-state index is 12.2. The van der Waals surface area contributed by atoms with Gasteiger partial charge in [0.15, 0.2) is 9.84 Å². The van der Waals surface area contributed by atoms with Crippen LogP contribution >= 0.6 is 0 Å². The Hall–Kier alpha value is -1.40. The summed E-state index contributed by atoms with van der Waals surface area (Å²) in [5.41, 5.74) is 0.382. The van der Waals surface area contributed by atoms with Crippen molar-refractivity contribution in [2.75, 3.05) is 25.9 Å². The molecule has 0 spiro atoms. The molecule has 0 bridgehead atoms. The van der Waals surface area contributed by atoms with Gasteiger partial charge in [-0.25, -0.2) is 8.42 Å². The second-order valence-corrected chi connectivity index (χ2v) is 8.59. The lowest BCUT2D eigenvalue weighted by Gasteiger charge is -2.35. The largest absolute Gasteiger partial charge is 0.350 e. The molecule has 23 heavy (non-hydrogen) atoms. The van der Waals surface area contributed by atoms with Gasteiger partial charge < -0.3 is 5.32 Å². The summed E-state index contributed by atoms with van der Waals surface area (Å²) in [4.78, 5) is 14.8. The second kappa shape index (κ2) is 7.45. The van der Waals surface area contributed by atoms with Crippen molar-refractivity contribution in [2.45, 2.75) is 37.6 Å². The van der Waals surface area contributed by atoms with Crippen LogP contribution in [0.5, 0.6) is 0 Å². The number of piperidine rings is 1. The van der Waals surface area contributed by atoms with Crippen molar-refractivity contribution in [3.8, 4) is 0 Å². The van der Waals surface area contributed by atoms with E-state index in [4.69, 9.17) is 0 Å². The molecule has 1 N–H and O–H groups in total. The number of benzene rings is 1. The summed E-state index contributed by atoms with van der Waals surface area (Å²) in [6.45, 7) is 7.10. The highest BCUT2D eigenvalue weighted by atomic mass is 32.2. The van der Waals surface area contributed by atoms with Crippen molar-refractivity contribution in [1.82, 2.24) is 10.2 Å². The van der Waals surface area contributed by atoms with Crippen LogP contribution in [0.15, 0.2) is 29.2 Å². The van der Waals surface area contributed by atoms with Crippen LogP contribution < -0.4 is 5.32 Å². The highest BCUT2D eigenvalue weighted by Gasteiger charge is 2.21. The van der Waals surface area contributed by atoms with E-state index in [1.54, 1.807) is 12.1 Å². The van der Waals surface area contributed by atoms with Crippen LogP contribution in [0.25, 0.3) is 0 Å². The standard InChI is InChI=1S/C17H26N2O3S/c1-13-7-9-19(10-8-13)14(2)12-18-17(20)15-5-4-6-16(11-15)23(3,21)22/h4-6,11,13-14H,7-10,12H2,1-3H3,(H,18,20)/t14-/m0/s1. The molecule has 1 fully saturated rings. The quantitative estimate of drug-likeness (QED) is 0.891. The van der Waals surface area contributed by atoms with Gasteiger partial charge >= 0.3 is 0 Å². The van der Waals surface area contributed by atoms with Crippen LogP contribution in [0.4, 0.5) is 0 Å². The van der Waals surface area contributed by atoms with Gasteiger partial charge in [0, 0.05) is 24.4 Å². The molecule has 0 aromatic heterocycles. The van der Waals surface area contributed by atoms with Crippen molar-refractivity contribution >= 4 is 15.7 Å². The summed E-state index contributed by atoms with van der Waals surface area (Å²) in [5.74, 6) is 0.555. The lowest BCUT2D eigenvalue weighted by atomic mass is 9.98. The van der Waals surface area contributed by atoms with E-state index in [9.17, 15) is 13.2 Å². The van der Waals surface area contributed by atoms with Gasteiger partial charge in [-0.05, 0) is 57.0 Å². The first-order chi connectivity index (χ1) is 10.8. The fraction of sp³-hybridized carbons (Fsp3) is 0.588. The van der Waals surface area contributed by atoms with Crippen LogP contribution in [0.1, 0.15) is 37.0 Å².